The lowest BCUT2D eigenvalue weighted by Crippen LogP contribution is -2.47. The zero-order chi connectivity index (χ0) is 14.4. The van der Waals surface area contributed by atoms with E-state index in [9.17, 15) is 0 Å². The molecule has 20 heavy (non-hydrogen) atoms. The van der Waals surface area contributed by atoms with Crippen LogP contribution in [0, 0.1) is 5.92 Å². The summed E-state index contributed by atoms with van der Waals surface area (Å²) in [5.41, 5.74) is 0.220. The quantitative estimate of drug-likeness (QED) is 0.781. The molecular formula is C16H32N2OS. The average molecular weight is 301 g/mol. The highest BCUT2D eigenvalue weighted by Gasteiger charge is 2.42. The van der Waals surface area contributed by atoms with E-state index in [2.05, 4.69) is 42.9 Å². The SMILES string of the molecule is CCN(CC)CCC(NC)C1CCOC2(CCSC2)C1. The molecule has 2 saturated heterocycles. The maximum absolute atomic E-state index is 6.16. The second-order valence-electron chi connectivity index (χ2n) is 6.30. The second kappa shape index (κ2) is 8.02. The molecule has 0 aromatic carbocycles. The van der Waals surface area contributed by atoms with Gasteiger partial charge in [-0.3, -0.25) is 0 Å². The van der Waals surface area contributed by atoms with Crippen molar-refractivity contribution in [2.24, 2.45) is 5.92 Å². The van der Waals surface area contributed by atoms with E-state index < -0.39 is 0 Å². The Hall–Kier alpha value is 0.230. The van der Waals surface area contributed by atoms with Crippen LogP contribution in [0.25, 0.3) is 0 Å². The fraction of sp³-hybridized carbons (Fsp3) is 1.00. The number of hydrogen-bond donors (Lipinski definition) is 1. The van der Waals surface area contributed by atoms with Gasteiger partial charge in [-0.2, -0.15) is 11.8 Å². The zero-order valence-electron chi connectivity index (χ0n) is 13.5. The Balaban J connectivity index is 1.86. The highest BCUT2D eigenvalue weighted by molar-refractivity contribution is 7.99. The van der Waals surface area contributed by atoms with E-state index >= 15 is 0 Å². The summed E-state index contributed by atoms with van der Waals surface area (Å²) >= 11 is 2.07. The number of hydrogen-bond acceptors (Lipinski definition) is 4. The number of thioether (sulfide) groups is 1. The Kier molecular flexibility index (Phi) is 6.66. The minimum Gasteiger partial charge on any atom is -0.374 e. The van der Waals surface area contributed by atoms with Crippen molar-refractivity contribution in [1.29, 1.82) is 0 Å². The number of nitrogens with zero attached hydrogens (tertiary/aromatic N) is 1. The third-order valence-corrected chi connectivity index (χ3v) is 6.41. The third-order valence-electron chi connectivity index (χ3n) is 5.19. The first-order valence-corrected chi connectivity index (χ1v) is 9.50. The zero-order valence-corrected chi connectivity index (χ0v) is 14.3. The summed E-state index contributed by atoms with van der Waals surface area (Å²) in [6.07, 6.45) is 5.03. The largest absolute Gasteiger partial charge is 0.374 e. The maximum atomic E-state index is 6.16. The molecular weight excluding hydrogens is 268 g/mol. The fourth-order valence-electron chi connectivity index (χ4n) is 3.75. The molecule has 0 amide bonds. The Morgan fingerprint density at radius 2 is 2.20 bits per heavy atom. The number of ether oxygens (including phenoxy) is 1. The molecule has 1 spiro atoms. The van der Waals surface area contributed by atoms with Gasteiger partial charge in [0.05, 0.1) is 5.60 Å². The van der Waals surface area contributed by atoms with Crippen molar-refractivity contribution in [2.75, 3.05) is 44.8 Å². The molecule has 2 heterocycles. The van der Waals surface area contributed by atoms with Crippen LogP contribution in [0.3, 0.4) is 0 Å². The van der Waals surface area contributed by atoms with Crippen LogP contribution in [0.2, 0.25) is 0 Å². The third kappa shape index (κ3) is 4.12. The van der Waals surface area contributed by atoms with E-state index in [-0.39, 0.29) is 5.60 Å². The molecule has 0 aliphatic carbocycles. The lowest BCUT2D eigenvalue weighted by atomic mass is 9.80. The van der Waals surface area contributed by atoms with Gasteiger partial charge >= 0.3 is 0 Å². The van der Waals surface area contributed by atoms with E-state index in [4.69, 9.17) is 4.74 Å². The molecule has 4 heteroatoms. The van der Waals surface area contributed by atoms with E-state index in [1.165, 1.54) is 56.8 Å². The van der Waals surface area contributed by atoms with E-state index in [1.807, 2.05) is 0 Å². The maximum Gasteiger partial charge on any atom is 0.0783 e. The van der Waals surface area contributed by atoms with Crippen LogP contribution in [-0.2, 0) is 4.74 Å². The van der Waals surface area contributed by atoms with E-state index in [1.54, 1.807) is 0 Å². The van der Waals surface area contributed by atoms with Crippen LogP contribution in [0.1, 0.15) is 39.5 Å². The molecule has 2 aliphatic rings. The van der Waals surface area contributed by atoms with Crippen LogP contribution in [0.15, 0.2) is 0 Å². The van der Waals surface area contributed by atoms with Gasteiger partial charge in [-0.1, -0.05) is 13.8 Å². The van der Waals surface area contributed by atoms with Crippen molar-refractivity contribution in [1.82, 2.24) is 10.2 Å². The predicted octanol–water partition coefficient (Wildman–Crippen LogP) is 2.61. The summed E-state index contributed by atoms with van der Waals surface area (Å²) in [6.45, 7) is 9.04. The molecule has 118 valence electrons. The van der Waals surface area contributed by atoms with Crippen molar-refractivity contribution in [3.8, 4) is 0 Å². The first-order valence-electron chi connectivity index (χ1n) is 8.34. The molecule has 2 rings (SSSR count). The lowest BCUT2D eigenvalue weighted by molar-refractivity contribution is -0.0854. The molecule has 2 aliphatic heterocycles. The number of nitrogens with one attached hydrogen (secondary N) is 1. The van der Waals surface area contributed by atoms with Crippen LogP contribution >= 0.6 is 11.8 Å². The van der Waals surface area contributed by atoms with Gasteiger partial charge in [0.15, 0.2) is 0 Å². The Bertz CT molecular complexity index is 278. The van der Waals surface area contributed by atoms with Gasteiger partial charge in [-0.25, -0.2) is 0 Å². The molecule has 3 nitrogen and oxygen atoms in total. The molecule has 0 aromatic rings. The molecule has 2 fully saturated rings. The van der Waals surface area contributed by atoms with Crippen molar-refractivity contribution < 1.29 is 4.74 Å². The Morgan fingerprint density at radius 3 is 2.80 bits per heavy atom. The van der Waals surface area contributed by atoms with Gasteiger partial charge in [0, 0.05) is 18.4 Å². The van der Waals surface area contributed by atoms with Gasteiger partial charge in [0.25, 0.3) is 0 Å². The first-order chi connectivity index (χ1) is 9.73. The molecule has 1 N–H and O–H groups in total. The van der Waals surface area contributed by atoms with Crippen molar-refractivity contribution in [3.05, 3.63) is 0 Å². The highest BCUT2D eigenvalue weighted by atomic mass is 32.2. The van der Waals surface area contributed by atoms with Gasteiger partial charge in [-0.05, 0) is 64.0 Å². The standard InChI is InChI=1S/C16H32N2OS/c1-4-18(5-2)9-6-15(17-3)14-7-10-19-16(12-14)8-11-20-13-16/h14-15,17H,4-13H2,1-3H3. The predicted molar refractivity (Wildman–Crippen MR) is 88.6 cm³/mol. The lowest BCUT2D eigenvalue weighted by Gasteiger charge is -2.41. The Morgan fingerprint density at radius 1 is 1.40 bits per heavy atom. The van der Waals surface area contributed by atoms with Crippen LogP contribution in [-0.4, -0.2) is 61.3 Å². The van der Waals surface area contributed by atoms with E-state index in [0.29, 0.717) is 6.04 Å². The molecule has 0 bridgehead atoms. The van der Waals surface area contributed by atoms with Crippen LogP contribution < -0.4 is 5.32 Å². The summed E-state index contributed by atoms with van der Waals surface area (Å²) in [5.74, 6) is 3.30. The van der Waals surface area contributed by atoms with Gasteiger partial charge in [0.2, 0.25) is 0 Å². The first kappa shape index (κ1) is 16.6. The Labute approximate surface area is 129 Å². The monoisotopic (exact) mass is 300 g/mol. The minimum absolute atomic E-state index is 0.220. The van der Waals surface area contributed by atoms with Gasteiger partial charge < -0.3 is 15.0 Å². The summed E-state index contributed by atoms with van der Waals surface area (Å²) in [5, 5.41) is 3.59. The molecule has 0 aromatic heterocycles. The second-order valence-corrected chi connectivity index (χ2v) is 7.40. The van der Waals surface area contributed by atoms with Gasteiger partial charge in [0.1, 0.15) is 0 Å². The smallest absolute Gasteiger partial charge is 0.0783 e. The summed E-state index contributed by atoms with van der Waals surface area (Å²) in [7, 11) is 2.14. The summed E-state index contributed by atoms with van der Waals surface area (Å²) < 4.78 is 6.16. The van der Waals surface area contributed by atoms with Crippen LogP contribution in [0.5, 0.6) is 0 Å². The van der Waals surface area contributed by atoms with Crippen molar-refractivity contribution in [3.63, 3.8) is 0 Å². The fourth-order valence-corrected chi connectivity index (χ4v) is 5.13. The summed E-state index contributed by atoms with van der Waals surface area (Å²) in [4.78, 5) is 2.53. The normalized spacial score (nSPS) is 32.1. The minimum atomic E-state index is 0.220. The van der Waals surface area contributed by atoms with Gasteiger partial charge in [-0.15, -0.1) is 0 Å². The average Bonchev–Trinajstić information content (AvgIpc) is 2.92. The topological polar surface area (TPSA) is 24.5 Å². The van der Waals surface area contributed by atoms with Crippen molar-refractivity contribution in [2.45, 2.75) is 51.2 Å². The molecule has 0 saturated carbocycles. The molecule has 0 radical (unpaired) electrons. The van der Waals surface area contributed by atoms with Crippen LogP contribution in [0.4, 0.5) is 0 Å². The molecule has 3 atom stereocenters. The number of rotatable bonds is 7. The van der Waals surface area contributed by atoms with E-state index in [0.717, 1.165) is 12.5 Å². The molecule has 3 unspecified atom stereocenters. The summed E-state index contributed by atoms with van der Waals surface area (Å²) in [6, 6.07) is 0.655. The highest BCUT2D eigenvalue weighted by Crippen LogP contribution is 2.41. The van der Waals surface area contributed by atoms with Crippen molar-refractivity contribution >= 4 is 11.8 Å².